The molecule has 2 aromatic rings. The minimum Gasteiger partial charge on any atom is -0.455 e. The lowest BCUT2D eigenvalue weighted by molar-refractivity contribution is -0.137. The Hall–Kier alpha value is -2.81. The van der Waals surface area contributed by atoms with Crippen LogP contribution in [0.15, 0.2) is 36.4 Å². The standard InChI is InChI=1S/C19H15ClF4N2O3/c20-14-8-11(21)2-4-15(14)29-16-7-10(19(22,23)24)1-3-13(16)18(28)26-12-5-6-25-17(27)9-12/h1-4,7-8,12H,5-6,9H2,(H,25,27)(H,26,28). The number of piperidine rings is 1. The Morgan fingerprint density at radius 1 is 1.17 bits per heavy atom. The van der Waals surface area contributed by atoms with Crippen molar-refractivity contribution in [2.24, 2.45) is 0 Å². The highest BCUT2D eigenvalue weighted by Gasteiger charge is 2.32. The number of alkyl halides is 3. The van der Waals surface area contributed by atoms with E-state index in [1.165, 1.54) is 0 Å². The number of hydrogen-bond acceptors (Lipinski definition) is 3. The van der Waals surface area contributed by atoms with Crippen LogP contribution in [0.25, 0.3) is 0 Å². The fourth-order valence-electron chi connectivity index (χ4n) is 2.82. The summed E-state index contributed by atoms with van der Waals surface area (Å²) in [6.45, 7) is 0.380. The van der Waals surface area contributed by atoms with Crippen molar-refractivity contribution in [2.45, 2.75) is 25.1 Å². The first kappa shape index (κ1) is 20.9. The normalized spacial score (nSPS) is 16.9. The van der Waals surface area contributed by atoms with Crippen molar-refractivity contribution < 1.29 is 31.9 Å². The van der Waals surface area contributed by atoms with Gasteiger partial charge in [0, 0.05) is 19.0 Å². The third-order valence-corrected chi connectivity index (χ3v) is 4.54. The van der Waals surface area contributed by atoms with Crippen LogP contribution in [0.1, 0.15) is 28.8 Å². The average molecular weight is 431 g/mol. The van der Waals surface area contributed by atoms with Gasteiger partial charge in [0.2, 0.25) is 5.91 Å². The van der Waals surface area contributed by atoms with Gasteiger partial charge in [-0.15, -0.1) is 0 Å². The van der Waals surface area contributed by atoms with E-state index in [2.05, 4.69) is 10.6 Å². The lowest BCUT2D eigenvalue weighted by Gasteiger charge is -2.23. The Balaban J connectivity index is 1.92. The summed E-state index contributed by atoms with van der Waals surface area (Å²) in [5.74, 6) is -2.10. The predicted molar refractivity (Wildman–Crippen MR) is 96.4 cm³/mol. The van der Waals surface area contributed by atoms with Gasteiger partial charge in [0.15, 0.2) is 0 Å². The van der Waals surface area contributed by atoms with Gasteiger partial charge in [-0.2, -0.15) is 13.2 Å². The number of hydrogen-bond donors (Lipinski definition) is 2. The molecular formula is C19H15ClF4N2O3. The van der Waals surface area contributed by atoms with E-state index in [0.29, 0.717) is 19.0 Å². The van der Waals surface area contributed by atoms with E-state index in [4.69, 9.17) is 16.3 Å². The number of rotatable bonds is 4. The number of carbonyl (C=O) groups excluding carboxylic acids is 2. The molecule has 2 N–H and O–H groups in total. The van der Waals surface area contributed by atoms with E-state index in [1.807, 2.05) is 0 Å². The maximum absolute atomic E-state index is 13.2. The highest BCUT2D eigenvalue weighted by atomic mass is 35.5. The van der Waals surface area contributed by atoms with E-state index in [-0.39, 0.29) is 28.7 Å². The Labute approximate surface area is 168 Å². The maximum atomic E-state index is 13.2. The summed E-state index contributed by atoms with van der Waals surface area (Å²) in [7, 11) is 0. The molecule has 1 aliphatic rings. The first-order chi connectivity index (χ1) is 13.6. The number of nitrogens with one attached hydrogen (secondary N) is 2. The molecule has 0 radical (unpaired) electrons. The van der Waals surface area contributed by atoms with Crippen LogP contribution >= 0.6 is 11.6 Å². The van der Waals surface area contributed by atoms with E-state index >= 15 is 0 Å². The molecule has 0 aliphatic carbocycles. The SMILES string of the molecule is O=C1CC(NC(=O)c2ccc(C(F)(F)F)cc2Oc2ccc(F)cc2Cl)CCN1. The van der Waals surface area contributed by atoms with Gasteiger partial charge >= 0.3 is 6.18 Å². The van der Waals surface area contributed by atoms with Crippen molar-refractivity contribution in [3.8, 4) is 11.5 Å². The molecule has 5 nitrogen and oxygen atoms in total. The van der Waals surface area contributed by atoms with Crippen LogP contribution in [-0.2, 0) is 11.0 Å². The zero-order valence-electron chi connectivity index (χ0n) is 14.8. The van der Waals surface area contributed by atoms with Gasteiger partial charge in [-0.25, -0.2) is 4.39 Å². The van der Waals surface area contributed by atoms with Crippen molar-refractivity contribution >= 4 is 23.4 Å². The Bertz CT molecular complexity index is 950. The largest absolute Gasteiger partial charge is 0.455 e. The van der Waals surface area contributed by atoms with Crippen LogP contribution in [0.5, 0.6) is 11.5 Å². The van der Waals surface area contributed by atoms with Gasteiger partial charge in [0.25, 0.3) is 5.91 Å². The van der Waals surface area contributed by atoms with Crippen molar-refractivity contribution in [1.29, 1.82) is 0 Å². The van der Waals surface area contributed by atoms with E-state index in [0.717, 1.165) is 30.3 Å². The van der Waals surface area contributed by atoms with Gasteiger partial charge in [0.05, 0.1) is 16.1 Å². The van der Waals surface area contributed by atoms with E-state index in [9.17, 15) is 27.2 Å². The molecule has 0 bridgehead atoms. The monoisotopic (exact) mass is 430 g/mol. The topological polar surface area (TPSA) is 67.4 Å². The maximum Gasteiger partial charge on any atom is 0.416 e. The van der Waals surface area contributed by atoms with Gasteiger partial charge in [-0.1, -0.05) is 11.6 Å². The van der Waals surface area contributed by atoms with Crippen LogP contribution in [0.3, 0.4) is 0 Å². The van der Waals surface area contributed by atoms with Crippen LogP contribution in [0.2, 0.25) is 5.02 Å². The molecule has 0 aromatic heterocycles. The summed E-state index contributed by atoms with van der Waals surface area (Å²) in [4.78, 5) is 24.1. The van der Waals surface area contributed by atoms with Crippen molar-refractivity contribution in [1.82, 2.24) is 10.6 Å². The molecule has 1 saturated heterocycles. The summed E-state index contributed by atoms with van der Waals surface area (Å²) >= 11 is 5.88. The third-order valence-electron chi connectivity index (χ3n) is 4.25. The van der Waals surface area contributed by atoms with Crippen LogP contribution < -0.4 is 15.4 Å². The van der Waals surface area contributed by atoms with Gasteiger partial charge in [-0.3, -0.25) is 9.59 Å². The van der Waals surface area contributed by atoms with Crippen LogP contribution in [0, 0.1) is 5.82 Å². The number of carbonyl (C=O) groups is 2. The Kier molecular flexibility index (Phi) is 5.97. The smallest absolute Gasteiger partial charge is 0.416 e. The highest BCUT2D eigenvalue weighted by Crippen LogP contribution is 2.37. The highest BCUT2D eigenvalue weighted by molar-refractivity contribution is 6.32. The van der Waals surface area contributed by atoms with E-state index in [1.54, 1.807) is 0 Å². The quantitative estimate of drug-likeness (QED) is 0.711. The molecule has 29 heavy (non-hydrogen) atoms. The molecular weight excluding hydrogens is 416 g/mol. The van der Waals surface area contributed by atoms with Crippen molar-refractivity contribution in [3.63, 3.8) is 0 Å². The molecule has 1 unspecified atom stereocenters. The summed E-state index contributed by atoms with van der Waals surface area (Å²) in [5.41, 5.74) is -1.20. The first-order valence-electron chi connectivity index (χ1n) is 8.55. The number of benzene rings is 2. The number of ether oxygens (including phenoxy) is 1. The van der Waals surface area contributed by atoms with Crippen LogP contribution in [-0.4, -0.2) is 24.4 Å². The summed E-state index contributed by atoms with van der Waals surface area (Å²) in [6.07, 6.45) is -4.12. The Morgan fingerprint density at radius 2 is 1.93 bits per heavy atom. The Morgan fingerprint density at radius 3 is 2.59 bits per heavy atom. The zero-order chi connectivity index (χ0) is 21.2. The lowest BCUT2D eigenvalue weighted by Crippen LogP contribution is -2.45. The van der Waals surface area contributed by atoms with Gasteiger partial charge < -0.3 is 15.4 Å². The number of amides is 2. The molecule has 1 fully saturated rings. The lowest BCUT2D eigenvalue weighted by atomic mass is 10.0. The summed E-state index contributed by atoms with van der Waals surface area (Å²) in [6, 6.07) is 5.05. The molecule has 1 aliphatic heterocycles. The average Bonchev–Trinajstić information content (AvgIpc) is 2.63. The summed E-state index contributed by atoms with van der Waals surface area (Å²) in [5, 5.41) is 5.07. The fraction of sp³-hybridized carbons (Fsp3) is 0.263. The molecule has 0 spiro atoms. The molecule has 1 atom stereocenters. The molecule has 10 heteroatoms. The summed E-state index contributed by atoms with van der Waals surface area (Å²) < 4.78 is 58.0. The molecule has 0 saturated carbocycles. The fourth-order valence-corrected chi connectivity index (χ4v) is 3.02. The second-order valence-corrected chi connectivity index (χ2v) is 6.81. The molecule has 2 aromatic carbocycles. The van der Waals surface area contributed by atoms with Crippen molar-refractivity contribution in [3.05, 3.63) is 58.4 Å². The second kappa shape index (κ2) is 8.28. The van der Waals surface area contributed by atoms with E-state index < -0.39 is 35.3 Å². The molecule has 1 heterocycles. The zero-order valence-corrected chi connectivity index (χ0v) is 15.5. The molecule has 2 amide bonds. The van der Waals surface area contributed by atoms with Crippen LogP contribution in [0.4, 0.5) is 17.6 Å². The molecule has 3 rings (SSSR count). The van der Waals surface area contributed by atoms with Gasteiger partial charge in [-0.05, 0) is 42.8 Å². The minimum absolute atomic E-state index is 0.0619. The van der Waals surface area contributed by atoms with Gasteiger partial charge in [0.1, 0.15) is 17.3 Å². The first-order valence-corrected chi connectivity index (χ1v) is 8.93. The minimum atomic E-state index is -4.67. The predicted octanol–water partition coefficient (Wildman–Crippen LogP) is 4.30. The molecule has 154 valence electrons. The number of halogens is 5. The van der Waals surface area contributed by atoms with Crippen molar-refractivity contribution in [2.75, 3.05) is 6.54 Å². The second-order valence-electron chi connectivity index (χ2n) is 6.40. The third kappa shape index (κ3) is 5.17.